The van der Waals surface area contributed by atoms with Crippen LogP contribution in [0.25, 0.3) is 0 Å². The number of benzene rings is 2. The molecule has 0 aromatic heterocycles. The van der Waals surface area contributed by atoms with Gasteiger partial charge in [0.2, 0.25) is 15.9 Å². The summed E-state index contributed by atoms with van der Waals surface area (Å²) in [6, 6.07) is 12.0. The van der Waals surface area contributed by atoms with Crippen molar-refractivity contribution >= 4 is 27.3 Å². The van der Waals surface area contributed by atoms with Crippen molar-refractivity contribution in [2.75, 3.05) is 36.1 Å². The number of carbonyl (C=O) groups is 1. The van der Waals surface area contributed by atoms with E-state index >= 15 is 0 Å². The average molecular weight is 407 g/mol. The van der Waals surface area contributed by atoms with Crippen molar-refractivity contribution in [2.45, 2.75) is 20.3 Å². The van der Waals surface area contributed by atoms with Crippen molar-refractivity contribution < 1.29 is 22.7 Å². The van der Waals surface area contributed by atoms with Crippen molar-refractivity contribution in [3.63, 3.8) is 0 Å². The molecule has 0 unspecified atom stereocenters. The number of anilines is 2. The lowest BCUT2D eigenvalue weighted by Crippen LogP contribution is -2.37. The SMILES string of the molecule is CCCOc1ccc(N(CC(=O)Nc2cc(C)ccc2OC)S(C)(=O)=O)cc1. The standard InChI is InChI=1S/C20H26N2O5S/c1-5-12-27-17-9-7-16(8-10-17)22(28(4,24)25)14-20(23)21-18-13-15(2)6-11-19(18)26-3/h6-11,13H,5,12,14H2,1-4H3,(H,21,23). The van der Waals surface area contributed by atoms with Crippen LogP contribution in [0.5, 0.6) is 11.5 Å². The fraction of sp³-hybridized carbons (Fsp3) is 0.350. The first-order valence-corrected chi connectivity index (χ1v) is 10.7. The smallest absolute Gasteiger partial charge is 0.245 e. The summed E-state index contributed by atoms with van der Waals surface area (Å²) in [7, 11) is -2.15. The molecule has 1 N–H and O–H groups in total. The Balaban J connectivity index is 2.19. The zero-order valence-electron chi connectivity index (χ0n) is 16.6. The van der Waals surface area contributed by atoms with Gasteiger partial charge in [0.25, 0.3) is 0 Å². The Bertz CT molecular complexity index is 911. The number of hydrogen-bond acceptors (Lipinski definition) is 5. The molecular formula is C20H26N2O5S. The van der Waals surface area contributed by atoms with Gasteiger partial charge in [-0.05, 0) is 55.3 Å². The zero-order valence-corrected chi connectivity index (χ0v) is 17.4. The number of ether oxygens (including phenoxy) is 2. The Kier molecular flexibility index (Phi) is 7.28. The Labute approximate surface area is 166 Å². The molecule has 7 nitrogen and oxygen atoms in total. The molecule has 0 atom stereocenters. The summed E-state index contributed by atoms with van der Waals surface area (Å²) >= 11 is 0. The van der Waals surface area contributed by atoms with Gasteiger partial charge in [0.1, 0.15) is 18.0 Å². The predicted octanol–water partition coefficient (Wildman–Crippen LogP) is 3.20. The maximum atomic E-state index is 12.5. The number of hydrogen-bond donors (Lipinski definition) is 1. The van der Waals surface area contributed by atoms with Crippen LogP contribution in [0.1, 0.15) is 18.9 Å². The van der Waals surface area contributed by atoms with E-state index < -0.39 is 15.9 Å². The van der Waals surface area contributed by atoms with Crippen LogP contribution < -0.4 is 19.1 Å². The number of nitrogens with one attached hydrogen (secondary N) is 1. The fourth-order valence-corrected chi connectivity index (χ4v) is 3.42. The maximum Gasteiger partial charge on any atom is 0.245 e. The summed E-state index contributed by atoms with van der Waals surface area (Å²) in [5.74, 6) is 0.677. The molecule has 0 saturated heterocycles. The minimum atomic E-state index is -3.66. The second-order valence-corrected chi connectivity index (χ2v) is 8.27. The Morgan fingerprint density at radius 3 is 2.39 bits per heavy atom. The van der Waals surface area contributed by atoms with Gasteiger partial charge in [-0.15, -0.1) is 0 Å². The lowest BCUT2D eigenvalue weighted by molar-refractivity contribution is -0.114. The molecule has 0 aliphatic heterocycles. The van der Waals surface area contributed by atoms with Gasteiger partial charge >= 0.3 is 0 Å². The third-order valence-electron chi connectivity index (χ3n) is 3.91. The van der Waals surface area contributed by atoms with Crippen molar-refractivity contribution in [3.05, 3.63) is 48.0 Å². The van der Waals surface area contributed by atoms with Gasteiger partial charge < -0.3 is 14.8 Å². The highest BCUT2D eigenvalue weighted by atomic mass is 32.2. The van der Waals surface area contributed by atoms with Crippen LogP contribution in [0, 0.1) is 6.92 Å². The zero-order chi connectivity index (χ0) is 20.7. The summed E-state index contributed by atoms with van der Waals surface area (Å²) in [5.41, 5.74) is 1.82. The molecule has 8 heteroatoms. The number of nitrogens with zero attached hydrogens (tertiary/aromatic N) is 1. The van der Waals surface area contributed by atoms with E-state index in [1.807, 2.05) is 19.9 Å². The number of methoxy groups -OCH3 is 1. The van der Waals surface area contributed by atoms with Gasteiger partial charge in [-0.1, -0.05) is 13.0 Å². The van der Waals surface area contributed by atoms with Gasteiger partial charge in [-0.25, -0.2) is 8.42 Å². The molecule has 0 spiro atoms. The highest BCUT2D eigenvalue weighted by molar-refractivity contribution is 7.92. The largest absolute Gasteiger partial charge is 0.495 e. The van der Waals surface area contributed by atoms with Crippen LogP contribution in [-0.2, 0) is 14.8 Å². The summed E-state index contributed by atoms with van der Waals surface area (Å²) in [4.78, 5) is 12.5. The predicted molar refractivity (Wildman–Crippen MR) is 111 cm³/mol. The van der Waals surface area contributed by atoms with Crippen LogP contribution >= 0.6 is 0 Å². The van der Waals surface area contributed by atoms with Crippen LogP contribution in [-0.4, -0.2) is 40.8 Å². The van der Waals surface area contributed by atoms with Crippen molar-refractivity contribution in [3.8, 4) is 11.5 Å². The van der Waals surface area contributed by atoms with E-state index in [0.29, 0.717) is 29.5 Å². The normalized spacial score (nSPS) is 11.0. The molecule has 2 aromatic carbocycles. The molecule has 152 valence electrons. The van der Waals surface area contributed by atoms with E-state index in [1.54, 1.807) is 36.4 Å². The number of amides is 1. The molecule has 0 aliphatic carbocycles. The third kappa shape index (κ3) is 5.88. The molecule has 0 fully saturated rings. The molecule has 0 saturated carbocycles. The van der Waals surface area contributed by atoms with Gasteiger partial charge in [0.15, 0.2) is 0 Å². The van der Waals surface area contributed by atoms with E-state index in [-0.39, 0.29) is 6.54 Å². The van der Waals surface area contributed by atoms with Crippen molar-refractivity contribution in [1.82, 2.24) is 0 Å². The number of sulfonamides is 1. The van der Waals surface area contributed by atoms with E-state index in [0.717, 1.165) is 22.5 Å². The molecule has 0 aliphatic rings. The second kappa shape index (κ2) is 9.45. The van der Waals surface area contributed by atoms with Crippen molar-refractivity contribution in [1.29, 1.82) is 0 Å². The third-order valence-corrected chi connectivity index (χ3v) is 5.05. The molecule has 0 heterocycles. The van der Waals surface area contributed by atoms with Gasteiger partial charge in [-0.2, -0.15) is 0 Å². The summed E-state index contributed by atoms with van der Waals surface area (Å²) in [5, 5.41) is 2.72. The lowest BCUT2D eigenvalue weighted by atomic mass is 10.2. The first-order chi connectivity index (χ1) is 13.2. The lowest BCUT2D eigenvalue weighted by Gasteiger charge is -2.22. The number of aryl methyl sites for hydroxylation is 1. The minimum Gasteiger partial charge on any atom is -0.495 e. The maximum absolute atomic E-state index is 12.5. The molecule has 2 aromatic rings. The Morgan fingerprint density at radius 1 is 1.14 bits per heavy atom. The average Bonchev–Trinajstić information content (AvgIpc) is 2.64. The summed E-state index contributed by atoms with van der Waals surface area (Å²) in [6.07, 6.45) is 1.94. The molecular weight excluding hydrogens is 380 g/mol. The molecule has 2 rings (SSSR count). The monoisotopic (exact) mass is 406 g/mol. The molecule has 1 amide bonds. The topological polar surface area (TPSA) is 84.9 Å². The van der Waals surface area contributed by atoms with Crippen LogP contribution in [0.3, 0.4) is 0 Å². The van der Waals surface area contributed by atoms with E-state index in [1.165, 1.54) is 7.11 Å². The number of carbonyl (C=O) groups excluding carboxylic acids is 1. The first kappa shape index (κ1) is 21.6. The van der Waals surface area contributed by atoms with Crippen molar-refractivity contribution in [2.24, 2.45) is 0 Å². The minimum absolute atomic E-state index is 0.356. The van der Waals surface area contributed by atoms with Crippen LogP contribution in [0.2, 0.25) is 0 Å². The second-order valence-electron chi connectivity index (χ2n) is 6.36. The van der Waals surface area contributed by atoms with Gasteiger partial charge in [0.05, 0.1) is 31.3 Å². The van der Waals surface area contributed by atoms with Gasteiger partial charge in [0, 0.05) is 0 Å². The highest BCUT2D eigenvalue weighted by Crippen LogP contribution is 2.26. The van der Waals surface area contributed by atoms with Crippen LogP contribution in [0.4, 0.5) is 11.4 Å². The van der Waals surface area contributed by atoms with E-state index in [2.05, 4.69) is 5.32 Å². The fourth-order valence-electron chi connectivity index (χ4n) is 2.57. The number of rotatable bonds is 9. The quantitative estimate of drug-likeness (QED) is 0.691. The van der Waals surface area contributed by atoms with E-state index in [9.17, 15) is 13.2 Å². The summed E-state index contributed by atoms with van der Waals surface area (Å²) in [6.45, 7) is 4.11. The molecule has 0 radical (unpaired) electrons. The van der Waals surface area contributed by atoms with Crippen LogP contribution in [0.15, 0.2) is 42.5 Å². The van der Waals surface area contributed by atoms with Gasteiger partial charge in [-0.3, -0.25) is 9.10 Å². The molecule has 0 bridgehead atoms. The molecule has 28 heavy (non-hydrogen) atoms. The Morgan fingerprint density at radius 2 is 1.82 bits per heavy atom. The highest BCUT2D eigenvalue weighted by Gasteiger charge is 2.21. The summed E-state index contributed by atoms with van der Waals surface area (Å²) < 4.78 is 36.3. The van der Waals surface area contributed by atoms with E-state index in [4.69, 9.17) is 9.47 Å². The first-order valence-electron chi connectivity index (χ1n) is 8.89. The Hall–Kier alpha value is -2.74.